The number of benzene rings is 1. The average Bonchev–Trinajstić information content (AvgIpc) is 2.79. The number of carboxylic acid groups (broad SMARTS) is 2. The molecule has 0 aliphatic carbocycles. The molecule has 0 heterocycles. The van der Waals surface area contributed by atoms with Crippen LogP contribution in [0.4, 0.5) is 0 Å². The van der Waals surface area contributed by atoms with Gasteiger partial charge in [0.15, 0.2) is 0 Å². The molecule has 6 heteroatoms. The van der Waals surface area contributed by atoms with Gasteiger partial charge in [0.05, 0.1) is 16.9 Å². The van der Waals surface area contributed by atoms with E-state index in [0.717, 1.165) is 17.7 Å². The summed E-state index contributed by atoms with van der Waals surface area (Å²) < 4.78 is 0. The molecule has 5 nitrogen and oxygen atoms in total. The first kappa shape index (κ1) is 28.5. The zero-order chi connectivity index (χ0) is 24.3. The molecule has 3 N–H and O–H groups in total. The van der Waals surface area contributed by atoms with Gasteiger partial charge in [-0.25, -0.2) is 4.79 Å². The molecule has 180 valence electrons. The van der Waals surface area contributed by atoms with Crippen molar-refractivity contribution < 1.29 is 24.9 Å². The highest BCUT2D eigenvalue weighted by molar-refractivity contribution is 8.00. The molecular formula is C27H36O5S. The fourth-order valence-corrected chi connectivity index (χ4v) is 4.04. The van der Waals surface area contributed by atoms with Crippen LogP contribution in [0.15, 0.2) is 77.8 Å². The molecule has 0 unspecified atom stereocenters. The largest absolute Gasteiger partial charge is 0.481 e. The van der Waals surface area contributed by atoms with Crippen LogP contribution in [0.3, 0.4) is 0 Å². The van der Waals surface area contributed by atoms with Crippen LogP contribution in [0.25, 0.3) is 0 Å². The number of aliphatic carboxylic acids is 1. The zero-order valence-corrected chi connectivity index (χ0v) is 20.1. The lowest BCUT2D eigenvalue weighted by molar-refractivity contribution is -0.137. The summed E-state index contributed by atoms with van der Waals surface area (Å²) in [6.07, 6.45) is 21.9. The van der Waals surface area contributed by atoms with Crippen LogP contribution < -0.4 is 0 Å². The van der Waals surface area contributed by atoms with Crippen LogP contribution in [0, 0.1) is 0 Å². The number of hydrogen-bond acceptors (Lipinski definition) is 4. The molecule has 33 heavy (non-hydrogen) atoms. The molecule has 0 fully saturated rings. The fourth-order valence-electron chi connectivity index (χ4n) is 2.97. The summed E-state index contributed by atoms with van der Waals surface area (Å²) in [7, 11) is 0. The number of aliphatic hydroxyl groups excluding tert-OH is 1. The number of thioether (sulfide) groups is 1. The summed E-state index contributed by atoms with van der Waals surface area (Å²) >= 11 is 1.42. The van der Waals surface area contributed by atoms with Gasteiger partial charge in [0.25, 0.3) is 0 Å². The Bertz CT molecular complexity index is 808. The van der Waals surface area contributed by atoms with E-state index in [9.17, 15) is 14.7 Å². The van der Waals surface area contributed by atoms with Gasteiger partial charge >= 0.3 is 11.9 Å². The quantitative estimate of drug-likeness (QED) is 0.102. The predicted molar refractivity (Wildman–Crippen MR) is 136 cm³/mol. The van der Waals surface area contributed by atoms with E-state index in [1.54, 1.807) is 12.1 Å². The lowest BCUT2D eigenvalue weighted by atomic mass is 10.1. The van der Waals surface area contributed by atoms with Crippen molar-refractivity contribution in [2.24, 2.45) is 0 Å². The SMILES string of the molecule is CCCCC/C=C/C/C=C/C=C/C=C/[C@@H](Sc1ccc(C(=O)O)cc1)[C@@H](O)CCCC(=O)O. The van der Waals surface area contributed by atoms with Crippen LogP contribution >= 0.6 is 11.8 Å². The van der Waals surface area contributed by atoms with Crippen LogP contribution in [0.5, 0.6) is 0 Å². The minimum absolute atomic E-state index is 0.0171. The summed E-state index contributed by atoms with van der Waals surface area (Å²) in [5, 5.41) is 28.2. The molecule has 0 aliphatic rings. The molecule has 0 aromatic heterocycles. The minimum atomic E-state index is -0.984. The van der Waals surface area contributed by atoms with E-state index in [4.69, 9.17) is 10.2 Å². The third-order valence-electron chi connectivity index (χ3n) is 4.83. The highest BCUT2D eigenvalue weighted by Crippen LogP contribution is 2.28. The van der Waals surface area contributed by atoms with Crippen LogP contribution in [-0.4, -0.2) is 38.6 Å². The van der Waals surface area contributed by atoms with E-state index in [1.807, 2.05) is 30.4 Å². The summed E-state index contributed by atoms with van der Waals surface area (Å²) in [5.74, 6) is -1.86. The van der Waals surface area contributed by atoms with E-state index in [1.165, 1.54) is 43.2 Å². The van der Waals surface area contributed by atoms with E-state index >= 15 is 0 Å². The van der Waals surface area contributed by atoms with Gasteiger partial charge in [0, 0.05) is 11.3 Å². The number of allylic oxidation sites excluding steroid dienone is 7. The zero-order valence-electron chi connectivity index (χ0n) is 19.3. The number of carbonyl (C=O) groups is 2. The Morgan fingerprint density at radius 2 is 1.67 bits per heavy atom. The van der Waals surface area contributed by atoms with Crippen molar-refractivity contribution in [1.82, 2.24) is 0 Å². The Labute approximate surface area is 201 Å². The molecule has 0 radical (unpaired) electrons. The number of rotatable bonds is 17. The van der Waals surface area contributed by atoms with Gasteiger partial charge in [-0.15, -0.1) is 11.8 Å². The second-order valence-corrected chi connectivity index (χ2v) is 8.92. The highest BCUT2D eigenvalue weighted by atomic mass is 32.2. The minimum Gasteiger partial charge on any atom is -0.481 e. The van der Waals surface area contributed by atoms with Crippen LogP contribution in [-0.2, 0) is 4.79 Å². The molecule has 2 atom stereocenters. The van der Waals surface area contributed by atoms with Crippen LogP contribution in [0.2, 0.25) is 0 Å². The average molecular weight is 473 g/mol. The Kier molecular flexibility index (Phi) is 15.5. The van der Waals surface area contributed by atoms with Gasteiger partial charge in [-0.05, 0) is 56.4 Å². The van der Waals surface area contributed by atoms with E-state index in [-0.39, 0.29) is 17.2 Å². The van der Waals surface area contributed by atoms with Gasteiger partial charge in [0.1, 0.15) is 0 Å². The van der Waals surface area contributed by atoms with Crippen molar-refractivity contribution in [1.29, 1.82) is 0 Å². The second-order valence-electron chi connectivity index (χ2n) is 7.67. The normalized spacial score (nSPS) is 14.0. The van der Waals surface area contributed by atoms with Crippen molar-refractivity contribution in [3.05, 3.63) is 78.4 Å². The molecule has 1 aromatic rings. The summed E-state index contributed by atoms with van der Waals surface area (Å²) in [6, 6.07) is 6.50. The predicted octanol–water partition coefficient (Wildman–Crippen LogP) is 6.66. The van der Waals surface area contributed by atoms with Crippen molar-refractivity contribution in [2.45, 2.75) is 74.5 Å². The summed E-state index contributed by atoms with van der Waals surface area (Å²) in [5.41, 5.74) is 0.207. The maximum Gasteiger partial charge on any atom is 0.335 e. The second kappa shape index (κ2) is 17.9. The van der Waals surface area contributed by atoms with Gasteiger partial charge in [-0.2, -0.15) is 0 Å². The first-order valence-electron chi connectivity index (χ1n) is 11.5. The van der Waals surface area contributed by atoms with Crippen molar-refractivity contribution in [3.63, 3.8) is 0 Å². The lowest BCUT2D eigenvalue weighted by Gasteiger charge is -2.19. The third-order valence-corrected chi connectivity index (χ3v) is 6.11. The Balaban J connectivity index is 2.63. The molecule has 1 rings (SSSR count). The van der Waals surface area contributed by atoms with Crippen molar-refractivity contribution in [2.75, 3.05) is 0 Å². The number of aromatic carboxylic acids is 1. The number of carboxylic acids is 2. The molecule has 0 saturated carbocycles. The summed E-state index contributed by atoms with van der Waals surface area (Å²) in [6.45, 7) is 2.20. The first-order valence-corrected chi connectivity index (χ1v) is 12.4. The Morgan fingerprint density at radius 3 is 2.33 bits per heavy atom. The number of aliphatic hydroxyl groups is 1. The fraction of sp³-hybridized carbons (Fsp3) is 0.407. The molecule has 0 bridgehead atoms. The first-order chi connectivity index (χ1) is 15.9. The standard InChI is InChI=1S/C27H36O5S/c1-2-3-4-5-6-7-8-9-10-11-12-13-16-25(24(28)15-14-17-26(29)30)33-23-20-18-22(19-21-23)27(31)32/h6-7,9-13,16,18-21,24-25,28H,2-5,8,14-15,17H2,1H3,(H,29,30)(H,31,32)/b7-6+,10-9+,12-11+,16-13+/t24-,25+/m0/s1. The van der Waals surface area contributed by atoms with E-state index in [0.29, 0.717) is 12.8 Å². The molecule has 0 saturated heterocycles. The van der Waals surface area contributed by atoms with Crippen molar-refractivity contribution in [3.8, 4) is 0 Å². The molecule has 0 amide bonds. The van der Waals surface area contributed by atoms with Gasteiger partial charge in [-0.1, -0.05) is 68.4 Å². The maximum atomic E-state index is 11.0. The number of unbranched alkanes of at least 4 members (excludes halogenated alkanes) is 3. The third kappa shape index (κ3) is 14.2. The highest BCUT2D eigenvalue weighted by Gasteiger charge is 2.18. The topological polar surface area (TPSA) is 94.8 Å². The van der Waals surface area contributed by atoms with Crippen molar-refractivity contribution >= 4 is 23.7 Å². The van der Waals surface area contributed by atoms with Crippen LogP contribution in [0.1, 0.15) is 68.6 Å². The molecular weight excluding hydrogens is 436 g/mol. The molecule has 1 aromatic carbocycles. The lowest BCUT2D eigenvalue weighted by Crippen LogP contribution is -2.21. The van der Waals surface area contributed by atoms with Gasteiger partial charge in [-0.3, -0.25) is 4.79 Å². The Hall–Kier alpha value is -2.57. The van der Waals surface area contributed by atoms with E-state index in [2.05, 4.69) is 25.2 Å². The monoisotopic (exact) mass is 472 g/mol. The Morgan fingerprint density at radius 1 is 0.939 bits per heavy atom. The summed E-state index contributed by atoms with van der Waals surface area (Å²) in [4.78, 5) is 22.6. The maximum absolute atomic E-state index is 11.0. The molecule has 0 aliphatic heterocycles. The van der Waals surface area contributed by atoms with Gasteiger partial charge in [0.2, 0.25) is 0 Å². The smallest absolute Gasteiger partial charge is 0.335 e. The van der Waals surface area contributed by atoms with E-state index < -0.39 is 18.0 Å². The number of hydrogen-bond donors (Lipinski definition) is 3. The van der Waals surface area contributed by atoms with Gasteiger partial charge < -0.3 is 15.3 Å². The molecule has 0 spiro atoms.